The monoisotopic (exact) mass is 285 g/mol. The molecule has 2 heteroatoms. The smallest absolute Gasteiger partial charge is 0.0231 e. The van der Waals surface area contributed by atoms with Crippen LogP contribution in [0.25, 0.3) is 0 Å². The van der Waals surface area contributed by atoms with Crippen LogP contribution < -0.4 is 5.32 Å². The molecule has 1 N–H and O–H groups in total. The molecule has 0 radical (unpaired) electrons. The van der Waals surface area contributed by atoms with E-state index in [1.54, 1.807) is 6.42 Å². The molecule has 92 valence electrons. The summed E-state index contributed by atoms with van der Waals surface area (Å²) in [5.74, 6) is 3.13. The summed E-state index contributed by atoms with van der Waals surface area (Å²) >= 11 is 4.07. The molecule has 0 spiro atoms. The quantitative estimate of drug-likeness (QED) is 0.782. The third-order valence-electron chi connectivity index (χ3n) is 5.53. The van der Waals surface area contributed by atoms with E-state index in [1.807, 2.05) is 0 Å². The van der Waals surface area contributed by atoms with Gasteiger partial charge in [-0.3, -0.25) is 0 Å². The summed E-state index contributed by atoms with van der Waals surface area (Å²) in [6.45, 7) is 2.35. The SMILES string of the molecule is CN[C@H](C)CC12C[C@@H]3CC(C[C@@H](C3)C1)[C@H]2Br. The normalized spacial score (nSPS) is 51.9. The van der Waals surface area contributed by atoms with Crippen molar-refractivity contribution in [3.05, 3.63) is 0 Å². The fraction of sp³-hybridized carbons (Fsp3) is 1.00. The first-order valence-corrected chi connectivity index (χ1v) is 7.86. The van der Waals surface area contributed by atoms with Gasteiger partial charge in [-0.2, -0.15) is 0 Å². The highest BCUT2D eigenvalue weighted by atomic mass is 79.9. The van der Waals surface area contributed by atoms with Crippen LogP contribution in [0, 0.1) is 23.2 Å². The van der Waals surface area contributed by atoms with Crippen molar-refractivity contribution in [3.63, 3.8) is 0 Å². The molecule has 4 rings (SSSR count). The van der Waals surface area contributed by atoms with Crippen LogP contribution in [0.2, 0.25) is 0 Å². The largest absolute Gasteiger partial charge is 0.317 e. The summed E-state index contributed by atoms with van der Waals surface area (Å²) in [6.07, 6.45) is 8.96. The summed E-state index contributed by atoms with van der Waals surface area (Å²) in [5, 5.41) is 3.44. The maximum Gasteiger partial charge on any atom is 0.0231 e. The zero-order valence-corrected chi connectivity index (χ0v) is 12.1. The van der Waals surface area contributed by atoms with Crippen LogP contribution in [0.4, 0.5) is 0 Å². The first-order valence-electron chi connectivity index (χ1n) is 6.94. The fourth-order valence-corrected chi connectivity index (χ4v) is 6.13. The lowest BCUT2D eigenvalue weighted by Gasteiger charge is -2.60. The lowest BCUT2D eigenvalue weighted by atomic mass is 9.48. The van der Waals surface area contributed by atoms with Crippen LogP contribution in [0.3, 0.4) is 0 Å². The van der Waals surface area contributed by atoms with Crippen molar-refractivity contribution in [2.75, 3.05) is 7.05 Å². The first kappa shape index (κ1) is 11.5. The van der Waals surface area contributed by atoms with Crippen LogP contribution in [0.15, 0.2) is 0 Å². The van der Waals surface area contributed by atoms with Gasteiger partial charge in [-0.15, -0.1) is 0 Å². The summed E-state index contributed by atoms with van der Waals surface area (Å²) < 4.78 is 0. The molecular weight excluding hydrogens is 262 g/mol. The predicted molar refractivity (Wildman–Crippen MR) is 71.8 cm³/mol. The maximum absolute atomic E-state index is 4.07. The van der Waals surface area contributed by atoms with E-state index < -0.39 is 0 Å². The molecule has 0 saturated heterocycles. The predicted octanol–water partition coefficient (Wildman–Crippen LogP) is 3.57. The number of alkyl halides is 1. The number of halogens is 1. The molecule has 0 aromatic rings. The average molecular weight is 286 g/mol. The zero-order chi connectivity index (χ0) is 11.3. The Balaban J connectivity index is 1.82. The molecule has 2 unspecified atom stereocenters. The Hall–Kier alpha value is 0.440. The van der Waals surface area contributed by atoms with Crippen molar-refractivity contribution in [3.8, 4) is 0 Å². The van der Waals surface area contributed by atoms with E-state index in [9.17, 15) is 0 Å². The van der Waals surface area contributed by atoms with E-state index >= 15 is 0 Å². The summed E-state index contributed by atoms with van der Waals surface area (Å²) in [4.78, 5) is 0.809. The average Bonchev–Trinajstić information content (AvgIpc) is 2.24. The number of hydrogen-bond donors (Lipinski definition) is 1. The fourth-order valence-electron chi connectivity index (χ4n) is 5.14. The standard InChI is InChI=1S/C14H24BrN/c1-9(16-2)6-14-7-10-3-11(8-14)5-12(4-10)13(14)15/h9-13,16H,3-8H2,1-2H3/t9-,10-,11+,12?,13-,14?/m1/s1. The van der Waals surface area contributed by atoms with Crippen molar-refractivity contribution >= 4 is 15.9 Å². The van der Waals surface area contributed by atoms with Crippen LogP contribution in [0.1, 0.15) is 45.4 Å². The second kappa shape index (κ2) is 3.98. The van der Waals surface area contributed by atoms with Gasteiger partial charge >= 0.3 is 0 Å². The Bertz CT molecular complexity index is 264. The number of rotatable bonds is 3. The van der Waals surface area contributed by atoms with E-state index in [1.165, 1.54) is 32.1 Å². The van der Waals surface area contributed by atoms with Crippen LogP contribution in [-0.2, 0) is 0 Å². The Labute approximate surface area is 108 Å². The third kappa shape index (κ3) is 1.68. The number of nitrogens with one attached hydrogen (secondary N) is 1. The highest BCUT2D eigenvalue weighted by Crippen LogP contribution is 2.63. The van der Waals surface area contributed by atoms with E-state index in [-0.39, 0.29) is 0 Å². The van der Waals surface area contributed by atoms with Gasteiger partial charge in [-0.05, 0) is 75.7 Å². The topological polar surface area (TPSA) is 12.0 Å². The van der Waals surface area contributed by atoms with Crippen molar-refractivity contribution < 1.29 is 0 Å². The molecule has 0 aromatic carbocycles. The van der Waals surface area contributed by atoms with E-state index in [2.05, 4.69) is 35.2 Å². The lowest BCUT2D eigenvalue weighted by Crippen LogP contribution is -2.55. The molecule has 4 aliphatic carbocycles. The van der Waals surface area contributed by atoms with Gasteiger partial charge in [0.1, 0.15) is 0 Å². The van der Waals surface area contributed by atoms with Gasteiger partial charge in [0.25, 0.3) is 0 Å². The molecule has 1 nitrogen and oxygen atoms in total. The molecule has 0 amide bonds. The zero-order valence-electron chi connectivity index (χ0n) is 10.5. The van der Waals surface area contributed by atoms with Gasteiger partial charge in [0.05, 0.1) is 0 Å². The van der Waals surface area contributed by atoms with E-state index in [0.717, 1.165) is 22.6 Å². The second-order valence-electron chi connectivity index (χ2n) is 6.77. The van der Waals surface area contributed by atoms with E-state index in [4.69, 9.17) is 0 Å². The molecule has 16 heavy (non-hydrogen) atoms. The number of hydrogen-bond acceptors (Lipinski definition) is 1. The molecule has 0 aromatic heterocycles. The van der Waals surface area contributed by atoms with Crippen molar-refractivity contribution in [1.82, 2.24) is 5.32 Å². The van der Waals surface area contributed by atoms with Gasteiger partial charge in [-0.1, -0.05) is 15.9 Å². The van der Waals surface area contributed by atoms with Gasteiger partial charge in [0, 0.05) is 10.9 Å². The van der Waals surface area contributed by atoms with Crippen molar-refractivity contribution in [2.45, 2.75) is 56.3 Å². The Morgan fingerprint density at radius 3 is 2.44 bits per heavy atom. The van der Waals surface area contributed by atoms with E-state index in [0.29, 0.717) is 11.5 Å². The molecular formula is C14H24BrN. The molecule has 4 fully saturated rings. The van der Waals surface area contributed by atoms with Crippen molar-refractivity contribution in [2.24, 2.45) is 23.2 Å². The molecule has 4 saturated carbocycles. The summed E-state index contributed by atoms with van der Waals surface area (Å²) in [7, 11) is 2.11. The Morgan fingerprint density at radius 1 is 1.25 bits per heavy atom. The molecule has 0 aliphatic heterocycles. The maximum atomic E-state index is 4.07. The van der Waals surface area contributed by atoms with Crippen LogP contribution in [0.5, 0.6) is 0 Å². The minimum atomic E-state index is 0.636. The van der Waals surface area contributed by atoms with Gasteiger partial charge in [0.15, 0.2) is 0 Å². The minimum Gasteiger partial charge on any atom is -0.317 e. The van der Waals surface area contributed by atoms with Crippen molar-refractivity contribution in [1.29, 1.82) is 0 Å². The highest BCUT2D eigenvalue weighted by Gasteiger charge is 2.56. The van der Waals surface area contributed by atoms with Gasteiger partial charge < -0.3 is 5.32 Å². The Morgan fingerprint density at radius 2 is 1.88 bits per heavy atom. The van der Waals surface area contributed by atoms with Crippen LogP contribution in [-0.4, -0.2) is 17.9 Å². The summed E-state index contributed by atoms with van der Waals surface area (Å²) in [6, 6.07) is 0.677. The Kier molecular flexibility index (Phi) is 2.87. The van der Waals surface area contributed by atoms with Gasteiger partial charge in [0.2, 0.25) is 0 Å². The molecule has 6 atom stereocenters. The lowest BCUT2D eigenvalue weighted by molar-refractivity contribution is -0.0512. The molecule has 4 bridgehead atoms. The minimum absolute atomic E-state index is 0.636. The molecule has 4 aliphatic rings. The second-order valence-corrected chi connectivity index (χ2v) is 7.75. The summed E-state index contributed by atoms with van der Waals surface area (Å²) in [5.41, 5.74) is 0.636. The highest BCUT2D eigenvalue weighted by molar-refractivity contribution is 9.09. The third-order valence-corrected chi connectivity index (χ3v) is 7.25. The first-order chi connectivity index (χ1) is 7.63. The van der Waals surface area contributed by atoms with Gasteiger partial charge in [-0.25, -0.2) is 0 Å². The van der Waals surface area contributed by atoms with Crippen LogP contribution >= 0.6 is 15.9 Å². The molecule has 0 heterocycles.